The highest BCUT2D eigenvalue weighted by Gasteiger charge is 2.29. The maximum atomic E-state index is 12.6. The predicted octanol–water partition coefficient (Wildman–Crippen LogP) is 2.97. The van der Waals surface area contributed by atoms with Crippen LogP contribution in [0.25, 0.3) is 0 Å². The van der Waals surface area contributed by atoms with Crippen LogP contribution in [0.3, 0.4) is 0 Å². The summed E-state index contributed by atoms with van der Waals surface area (Å²) in [5, 5.41) is 3.03. The molecule has 0 spiro atoms. The van der Waals surface area contributed by atoms with Crippen LogP contribution >= 0.6 is 0 Å². The Bertz CT molecular complexity index is 645. The smallest absolute Gasteiger partial charge is 0.238 e. The van der Waals surface area contributed by atoms with Crippen LogP contribution in [-0.4, -0.2) is 54.3 Å². The molecule has 1 aromatic rings. The van der Waals surface area contributed by atoms with Gasteiger partial charge in [0.15, 0.2) is 0 Å². The fourth-order valence-electron chi connectivity index (χ4n) is 3.97. The Hall–Kier alpha value is -1.88. The van der Waals surface area contributed by atoms with Gasteiger partial charge in [-0.25, -0.2) is 0 Å². The number of piperidine rings is 2. The van der Waals surface area contributed by atoms with E-state index in [0.717, 1.165) is 68.7 Å². The summed E-state index contributed by atoms with van der Waals surface area (Å²) < 4.78 is 0. The van der Waals surface area contributed by atoms with Crippen molar-refractivity contribution >= 4 is 17.5 Å². The molecule has 0 aliphatic carbocycles. The topological polar surface area (TPSA) is 52.7 Å². The Morgan fingerprint density at radius 3 is 2.42 bits per heavy atom. The van der Waals surface area contributed by atoms with Crippen molar-refractivity contribution in [1.29, 1.82) is 0 Å². The van der Waals surface area contributed by atoms with Crippen molar-refractivity contribution in [1.82, 2.24) is 9.80 Å². The Morgan fingerprint density at radius 1 is 1.04 bits per heavy atom. The van der Waals surface area contributed by atoms with Crippen LogP contribution in [0.15, 0.2) is 18.2 Å². The zero-order valence-electron chi connectivity index (χ0n) is 16.1. The fraction of sp³-hybridized carbons (Fsp3) is 0.619. The van der Waals surface area contributed by atoms with Crippen molar-refractivity contribution in [3.8, 4) is 0 Å². The Labute approximate surface area is 156 Å². The Kier molecular flexibility index (Phi) is 6.30. The molecule has 2 aliphatic heterocycles. The number of likely N-dealkylation sites (tertiary alicyclic amines) is 2. The summed E-state index contributed by atoms with van der Waals surface area (Å²) >= 11 is 0. The molecule has 0 radical (unpaired) electrons. The molecular formula is C21H31N3O2. The summed E-state index contributed by atoms with van der Waals surface area (Å²) in [5.41, 5.74) is 3.11. The molecule has 26 heavy (non-hydrogen) atoms. The van der Waals surface area contributed by atoms with Crippen molar-refractivity contribution < 1.29 is 9.59 Å². The van der Waals surface area contributed by atoms with E-state index in [9.17, 15) is 9.59 Å². The average Bonchev–Trinajstić information content (AvgIpc) is 2.65. The molecule has 2 heterocycles. The molecule has 2 amide bonds. The summed E-state index contributed by atoms with van der Waals surface area (Å²) in [6.07, 6.45) is 5.27. The maximum Gasteiger partial charge on any atom is 0.238 e. The molecule has 1 aromatic carbocycles. The zero-order valence-corrected chi connectivity index (χ0v) is 16.1. The van der Waals surface area contributed by atoms with Gasteiger partial charge in [-0.05, 0) is 76.2 Å². The third-order valence-electron chi connectivity index (χ3n) is 5.64. The first-order valence-corrected chi connectivity index (χ1v) is 9.91. The van der Waals surface area contributed by atoms with Crippen molar-refractivity contribution in [3.63, 3.8) is 0 Å². The number of aryl methyl sites for hydroxylation is 2. The van der Waals surface area contributed by atoms with Crippen molar-refractivity contribution in [2.75, 3.05) is 38.0 Å². The molecule has 0 saturated carbocycles. The van der Waals surface area contributed by atoms with Crippen LogP contribution in [0.4, 0.5) is 5.69 Å². The van der Waals surface area contributed by atoms with Gasteiger partial charge in [0.2, 0.25) is 11.8 Å². The monoisotopic (exact) mass is 357 g/mol. The summed E-state index contributed by atoms with van der Waals surface area (Å²) in [5.74, 6) is 0.509. The van der Waals surface area contributed by atoms with Gasteiger partial charge < -0.3 is 10.2 Å². The van der Waals surface area contributed by atoms with Gasteiger partial charge in [0.1, 0.15) is 0 Å². The van der Waals surface area contributed by atoms with Gasteiger partial charge in [0.25, 0.3) is 0 Å². The maximum absolute atomic E-state index is 12.6. The Morgan fingerprint density at radius 2 is 1.73 bits per heavy atom. The number of hydrogen-bond acceptors (Lipinski definition) is 3. The minimum atomic E-state index is 0.0273. The molecule has 0 bridgehead atoms. The molecule has 2 aliphatic rings. The van der Waals surface area contributed by atoms with E-state index in [1.165, 1.54) is 6.42 Å². The number of amides is 2. The fourth-order valence-corrected chi connectivity index (χ4v) is 3.97. The number of benzene rings is 1. The lowest BCUT2D eigenvalue weighted by atomic mass is 9.94. The standard InChI is InChI=1S/C21H31N3O2/c1-16-6-7-17(2)19(14-16)22-20(25)15-23-12-8-18(9-13-23)21(26)24-10-4-3-5-11-24/h6-7,14,18H,3-5,8-13,15H2,1-2H3,(H,22,25). The van der Waals surface area contributed by atoms with Gasteiger partial charge in [-0.3, -0.25) is 14.5 Å². The molecular weight excluding hydrogens is 326 g/mol. The van der Waals surface area contributed by atoms with Crippen molar-refractivity contribution in [2.45, 2.75) is 46.0 Å². The molecule has 5 heteroatoms. The van der Waals surface area contributed by atoms with Gasteiger partial charge in [0, 0.05) is 24.7 Å². The highest BCUT2D eigenvalue weighted by atomic mass is 16.2. The minimum absolute atomic E-state index is 0.0273. The van der Waals surface area contributed by atoms with Crippen LogP contribution in [0.2, 0.25) is 0 Å². The number of hydrogen-bond donors (Lipinski definition) is 1. The van der Waals surface area contributed by atoms with E-state index in [0.29, 0.717) is 12.5 Å². The van der Waals surface area contributed by atoms with Crippen LogP contribution in [0.5, 0.6) is 0 Å². The van der Waals surface area contributed by atoms with E-state index >= 15 is 0 Å². The average molecular weight is 357 g/mol. The number of carbonyl (C=O) groups excluding carboxylic acids is 2. The van der Waals surface area contributed by atoms with E-state index < -0.39 is 0 Å². The first-order chi connectivity index (χ1) is 12.5. The first kappa shape index (κ1) is 18.9. The number of anilines is 1. The molecule has 142 valence electrons. The summed E-state index contributed by atoms with van der Waals surface area (Å²) in [6.45, 7) is 7.94. The lowest BCUT2D eigenvalue weighted by molar-refractivity contribution is -0.138. The largest absolute Gasteiger partial charge is 0.342 e. The van der Waals surface area contributed by atoms with E-state index in [4.69, 9.17) is 0 Å². The van der Waals surface area contributed by atoms with Gasteiger partial charge in [-0.2, -0.15) is 0 Å². The van der Waals surface area contributed by atoms with Crippen molar-refractivity contribution in [3.05, 3.63) is 29.3 Å². The van der Waals surface area contributed by atoms with Gasteiger partial charge in [-0.15, -0.1) is 0 Å². The highest BCUT2D eigenvalue weighted by Crippen LogP contribution is 2.22. The molecule has 0 aromatic heterocycles. The number of carbonyl (C=O) groups is 2. The number of nitrogens with one attached hydrogen (secondary N) is 1. The van der Waals surface area contributed by atoms with E-state index in [-0.39, 0.29) is 11.8 Å². The van der Waals surface area contributed by atoms with Crippen LogP contribution in [0.1, 0.15) is 43.2 Å². The highest BCUT2D eigenvalue weighted by molar-refractivity contribution is 5.93. The summed E-state index contributed by atoms with van der Waals surface area (Å²) in [4.78, 5) is 29.2. The third-order valence-corrected chi connectivity index (χ3v) is 5.64. The second kappa shape index (κ2) is 8.67. The summed E-state index contributed by atoms with van der Waals surface area (Å²) in [7, 11) is 0. The van der Waals surface area contributed by atoms with E-state index in [1.807, 2.05) is 26.0 Å². The number of rotatable bonds is 4. The second-order valence-corrected chi connectivity index (χ2v) is 7.80. The molecule has 2 fully saturated rings. The zero-order chi connectivity index (χ0) is 18.5. The van der Waals surface area contributed by atoms with Crippen LogP contribution < -0.4 is 5.32 Å². The molecule has 3 rings (SSSR count). The van der Waals surface area contributed by atoms with Gasteiger partial charge >= 0.3 is 0 Å². The molecule has 2 saturated heterocycles. The van der Waals surface area contributed by atoms with Gasteiger partial charge in [0.05, 0.1) is 6.54 Å². The predicted molar refractivity (Wildman–Crippen MR) is 104 cm³/mol. The lowest BCUT2D eigenvalue weighted by Crippen LogP contribution is -2.45. The van der Waals surface area contributed by atoms with Crippen LogP contribution in [0, 0.1) is 19.8 Å². The minimum Gasteiger partial charge on any atom is -0.342 e. The molecule has 0 unspecified atom stereocenters. The quantitative estimate of drug-likeness (QED) is 0.901. The third kappa shape index (κ3) is 4.85. The van der Waals surface area contributed by atoms with Crippen molar-refractivity contribution in [2.24, 2.45) is 5.92 Å². The van der Waals surface area contributed by atoms with Crippen LogP contribution in [-0.2, 0) is 9.59 Å². The molecule has 1 N–H and O–H groups in total. The number of nitrogens with zero attached hydrogens (tertiary/aromatic N) is 2. The van der Waals surface area contributed by atoms with E-state index in [2.05, 4.69) is 21.2 Å². The summed E-state index contributed by atoms with van der Waals surface area (Å²) in [6, 6.07) is 6.09. The lowest BCUT2D eigenvalue weighted by Gasteiger charge is -2.35. The SMILES string of the molecule is Cc1ccc(C)c(NC(=O)CN2CCC(C(=O)N3CCCCC3)CC2)c1. The van der Waals surface area contributed by atoms with E-state index in [1.54, 1.807) is 0 Å². The normalized spacial score (nSPS) is 19.4. The van der Waals surface area contributed by atoms with Gasteiger partial charge in [-0.1, -0.05) is 12.1 Å². The molecule has 5 nitrogen and oxygen atoms in total. The first-order valence-electron chi connectivity index (χ1n) is 9.91. The second-order valence-electron chi connectivity index (χ2n) is 7.80. The molecule has 0 atom stereocenters. The Balaban J connectivity index is 1.45.